The van der Waals surface area contributed by atoms with Crippen molar-refractivity contribution in [3.05, 3.63) is 76.9 Å². The fourth-order valence-electron chi connectivity index (χ4n) is 5.01. The van der Waals surface area contributed by atoms with Crippen LogP contribution < -0.4 is 5.32 Å². The zero-order valence-electron chi connectivity index (χ0n) is 20.0. The van der Waals surface area contributed by atoms with Gasteiger partial charge >= 0.3 is 0 Å². The average molecular weight is 476 g/mol. The van der Waals surface area contributed by atoms with Crippen LogP contribution in [0.5, 0.6) is 0 Å². The molecule has 1 aliphatic heterocycles. The molecule has 1 N–H and O–H groups in total. The SMILES string of the molecule is CCc1ccccc1NC(=O)CN1CCN(C(=O)c2nn(-c3ccc(F)cc3)c3c2CCC3)CC1. The number of para-hydroxylation sites is 1. The van der Waals surface area contributed by atoms with E-state index in [2.05, 4.69) is 22.2 Å². The number of nitrogens with zero attached hydrogens (tertiary/aromatic N) is 4. The van der Waals surface area contributed by atoms with Crippen LogP contribution in [0.2, 0.25) is 0 Å². The van der Waals surface area contributed by atoms with Gasteiger partial charge < -0.3 is 10.2 Å². The Morgan fingerprint density at radius 2 is 1.74 bits per heavy atom. The second-order valence-electron chi connectivity index (χ2n) is 9.14. The van der Waals surface area contributed by atoms with Gasteiger partial charge in [0.2, 0.25) is 5.91 Å². The molecule has 0 bridgehead atoms. The van der Waals surface area contributed by atoms with Crippen molar-refractivity contribution in [1.82, 2.24) is 19.6 Å². The van der Waals surface area contributed by atoms with Gasteiger partial charge in [-0.05, 0) is 61.6 Å². The Kier molecular flexibility index (Phi) is 6.63. The molecule has 1 aromatic heterocycles. The van der Waals surface area contributed by atoms with Gasteiger partial charge in [-0.2, -0.15) is 5.10 Å². The molecule has 2 aromatic carbocycles. The molecule has 3 aromatic rings. The quantitative estimate of drug-likeness (QED) is 0.593. The molecule has 1 fully saturated rings. The highest BCUT2D eigenvalue weighted by molar-refractivity contribution is 5.95. The number of hydrogen-bond acceptors (Lipinski definition) is 4. The molecule has 0 saturated carbocycles. The molecular formula is C27H30FN5O2. The Bertz CT molecular complexity index is 1230. The van der Waals surface area contributed by atoms with E-state index in [-0.39, 0.29) is 17.6 Å². The molecule has 35 heavy (non-hydrogen) atoms. The van der Waals surface area contributed by atoms with Crippen LogP contribution in [0.25, 0.3) is 5.69 Å². The highest BCUT2D eigenvalue weighted by Gasteiger charge is 2.31. The summed E-state index contributed by atoms with van der Waals surface area (Å²) < 4.78 is 15.2. The summed E-state index contributed by atoms with van der Waals surface area (Å²) in [6.45, 7) is 4.74. The second kappa shape index (κ2) is 10.00. The summed E-state index contributed by atoms with van der Waals surface area (Å²) in [6, 6.07) is 14.1. The number of anilines is 1. The summed E-state index contributed by atoms with van der Waals surface area (Å²) in [5, 5.41) is 7.68. The van der Waals surface area contributed by atoms with Crippen LogP contribution in [-0.2, 0) is 24.1 Å². The molecule has 1 saturated heterocycles. The molecule has 0 unspecified atom stereocenters. The fourth-order valence-corrected chi connectivity index (χ4v) is 5.01. The van der Waals surface area contributed by atoms with Crippen molar-refractivity contribution in [3.8, 4) is 5.69 Å². The largest absolute Gasteiger partial charge is 0.335 e. The van der Waals surface area contributed by atoms with Gasteiger partial charge in [-0.15, -0.1) is 0 Å². The third kappa shape index (κ3) is 4.84. The lowest BCUT2D eigenvalue weighted by atomic mass is 10.1. The van der Waals surface area contributed by atoms with E-state index in [1.165, 1.54) is 12.1 Å². The summed E-state index contributed by atoms with van der Waals surface area (Å²) >= 11 is 0. The van der Waals surface area contributed by atoms with Crippen LogP contribution in [0.15, 0.2) is 48.5 Å². The Morgan fingerprint density at radius 1 is 1.00 bits per heavy atom. The van der Waals surface area contributed by atoms with Crippen LogP contribution in [0, 0.1) is 5.82 Å². The number of aryl methyl sites for hydroxylation is 1. The first-order chi connectivity index (χ1) is 17.0. The average Bonchev–Trinajstić information content (AvgIpc) is 3.48. The van der Waals surface area contributed by atoms with Gasteiger partial charge in [0.15, 0.2) is 5.69 Å². The zero-order chi connectivity index (χ0) is 24.4. The first-order valence-electron chi connectivity index (χ1n) is 12.3. The molecule has 0 atom stereocenters. The van der Waals surface area contributed by atoms with Crippen LogP contribution in [0.4, 0.5) is 10.1 Å². The Hall–Kier alpha value is -3.52. The number of amides is 2. The molecular weight excluding hydrogens is 445 g/mol. The number of carbonyl (C=O) groups is 2. The van der Waals surface area contributed by atoms with Gasteiger partial charge in [0.1, 0.15) is 5.82 Å². The first kappa shape index (κ1) is 23.2. The third-order valence-corrected chi connectivity index (χ3v) is 6.90. The summed E-state index contributed by atoms with van der Waals surface area (Å²) in [4.78, 5) is 29.9. The number of fused-ring (bicyclic) bond motifs is 1. The third-order valence-electron chi connectivity index (χ3n) is 6.90. The Labute approximate surface area is 204 Å². The number of aromatic nitrogens is 2. The molecule has 0 spiro atoms. The van der Waals surface area contributed by atoms with E-state index < -0.39 is 0 Å². The topological polar surface area (TPSA) is 70.5 Å². The lowest BCUT2D eigenvalue weighted by molar-refractivity contribution is -0.117. The minimum absolute atomic E-state index is 0.0402. The van der Waals surface area contributed by atoms with Crippen molar-refractivity contribution in [2.45, 2.75) is 32.6 Å². The first-order valence-corrected chi connectivity index (χ1v) is 12.3. The van der Waals surface area contributed by atoms with E-state index in [0.29, 0.717) is 38.4 Å². The molecule has 5 rings (SSSR count). The molecule has 0 radical (unpaired) electrons. The van der Waals surface area contributed by atoms with Gasteiger partial charge in [0.25, 0.3) is 5.91 Å². The van der Waals surface area contributed by atoms with Gasteiger partial charge in [-0.25, -0.2) is 9.07 Å². The van der Waals surface area contributed by atoms with E-state index in [1.54, 1.807) is 16.8 Å². The van der Waals surface area contributed by atoms with Gasteiger partial charge in [0.05, 0.1) is 12.2 Å². The van der Waals surface area contributed by atoms with E-state index in [9.17, 15) is 14.0 Å². The minimum Gasteiger partial charge on any atom is -0.335 e. The lowest BCUT2D eigenvalue weighted by Crippen LogP contribution is -2.50. The Balaban J connectivity index is 1.22. The molecule has 7 nitrogen and oxygen atoms in total. The van der Waals surface area contributed by atoms with E-state index in [4.69, 9.17) is 0 Å². The van der Waals surface area contributed by atoms with Crippen molar-refractivity contribution in [2.24, 2.45) is 0 Å². The molecule has 2 amide bonds. The Morgan fingerprint density at radius 3 is 2.49 bits per heavy atom. The van der Waals surface area contributed by atoms with Crippen molar-refractivity contribution in [2.75, 3.05) is 38.0 Å². The smallest absolute Gasteiger partial charge is 0.274 e. The van der Waals surface area contributed by atoms with Crippen molar-refractivity contribution < 1.29 is 14.0 Å². The molecule has 2 heterocycles. The maximum absolute atomic E-state index is 13.4. The normalized spacial score (nSPS) is 15.8. The predicted octanol–water partition coefficient (Wildman–Crippen LogP) is 3.46. The summed E-state index contributed by atoms with van der Waals surface area (Å²) in [6.07, 6.45) is 3.53. The van der Waals surface area contributed by atoms with E-state index in [1.807, 2.05) is 29.2 Å². The molecule has 1 aliphatic carbocycles. The number of piperazine rings is 1. The van der Waals surface area contributed by atoms with Crippen LogP contribution in [0.3, 0.4) is 0 Å². The number of hydrogen-bond donors (Lipinski definition) is 1. The number of halogens is 1. The zero-order valence-corrected chi connectivity index (χ0v) is 20.0. The number of nitrogens with one attached hydrogen (secondary N) is 1. The molecule has 2 aliphatic rings. The predicted molar refractivity (Wildman–Crippen MR) is 132 cm³/mol. The number of rotatable bonds is 6. The summed E-state index contributed by atoms with van der Waals surface area (Å²) in [7, 11) is 0. The van der Waals surface area contributed by atoms with Crippen molar-refractivity contribution >= 4 is 17.5 Å². The summed E-state index contributed by atoms with van der Waals surface area (Å²) in [5.74, 6) is -0.401. The fraction of sp³-hybridized carbons (Fsp3) is 0.370. The van der Waals surface area contributed by atoms with Crippen molar-refractivity contribution in [1.29, 1.82) is 0 Å². The lowest BCUT2D eigenvalue weighted by Gasteiger charge is -2.34. The van der Waals surface area contributed by atoms with Gasteiger partial charge in [0, 0.05) is 43.1 Å². The molecule has 8 heteroatoms. The second-order valence-corrected chi connectivity index (χ2v) is 9.14. The van der Waals surface area contributed by atoms with E-state index >= 15 is 0 Å². The highest BCUT2D eigenvalue weighted by Crippen LogP contribution is 2.29. The standard InChI is InChI=1S/C27H30FN5O2/c1-2-19-6-3-4-8-23(19)29-25(34)18-31-14-16-32(17-15-31)27(35)26-22-7-5-9-24(22)33(30-26)21-12-10-20(28)11-13-21/h3-4,6,8,10-13H,2,5,7,9,14-18H2,1H3,(H,29,34). The van der Waals surface area contributed by atoms with Crippen LogP contribution in [-0.4, -0.2) is 64.1 Å². The van der Waals surface area contributed by atoms with Crippen molar-refractivity contribution in [3.63, 3.8) is 0 Å². The monoisotopic (exact) mass is 475 g/mol. The van der Waals surface area contributed by atoms with Crippen LogP contribution >= 0.6 is 0 Å². The minimum atomic E-state index is -0.296. The molecule has 182 valence electrons. The maximum atomic E-state index is 13.4. The number of carbonyl (C=O) groups excluding carboxylic acids is 2. The highest BCUT2D eigenvalue weighted by atomic mass is 19.1. The summed E-state index contributed by atoms with van der Waals surface area (Å²) in [5.41, 5.74) is 5.30. The van der Waals surface area contributed by atoms with Gasteiger partial charge in [-0.3, -0.25) is 14.5 Å². The van der Waals surface area contributed by atoms with E-state index in [0.717, 1.165) is 53.9 Å². The van der Waals surface area contributed by atoms with Crippen LogP contribution in [0.1, 0.15) is 40.7 Å². The number of benzene rings is 2. The van der Waals surface area contributed by atoms with Gasteiger partial charge in [-0.1, -0.05) is 25.1 Å². The maximum Gasteiger partial charge on any atom is 0.274 e.